The van der Waals surface area contributed by atoms with E-state index in [1.165, 1.54) is 38.5 Å². The van der Waals surface area contributed by atoms with Gasteiger partial charge < -0.3 is 6.42 Å². The summed E-state index contributed by atoms with van der Waals surface area (Å²) in [5.74, 6) is 2.68. The van der Waals surface area contributed by atoms with Crippen molar-refractivity contribution in [1.29, 1.82) is 0 Å². The fourth-order valence-corrected chi connectivity index (χ4v) is 4.73. The van der Waals surface area contributed by atoms with Crippen LogP contribution in [0.2, 0.25) is 0 Å². The van der Waals surface area contributed by atoms with E-state index in [2.05, 4.69) is 6.42 Å². The van der Waals surface area contributed by atoms with Gasteiger partial charge in [0.1, 0.15) is 12.3 Å². The summed E-state index contributed by atoms with van der Waals surface area (Å²) in [6.45, 7) is 0. The van der Waals surface area contributed by atoms with Gasteiger partial charge in [-0.2, -0.15) is 12.8 Å². The molecule has 0 N–H and O–H groups in total. The van der Waals surface area contributed by atoms with Crippen LogP contribution in [0.3, 0.4) is 0 Å². The molecule has 0 aliphatic heterocycles. The zero-order valence-corrected chi connectivity index (χ0v) is 15.4. The van der Waals surface area contributed by atoms with E-state index in [0.29, 0.717) is 24.7 Å². The molecule has 1 radical (unpaired) electrons. The van der Waals surface area contributed by atoms with Crippen LogP contribution >= 0.6 is 0 Å². The van der Waals surface area contributed by atoms with Crippen LogP contribution < -0.4 is 0 Å². The van der Waals surface area contributed by atoms with Gasteiger partial charge in [0.25, 0.3) is 0 Å². The van der Waals surface area contributed by atoms with Gasteiger partial charge in [-0.1, -0.05) is 18.8 Å². The molecule has 0 saturated heterocycles. The van der Waals surface area contributed by atoms with Crippen molar-refractivity contribution in [2.75, 3.05) is 0 Å². The van der Waals surface area contributed by atoms with Gasteiger partial charge in [-0.25, -0.2) is 8.78 Å². The number of fused-ring (bicyclic) bond motifs is 1. The van der Waals surface area contributed by atoms with E-state index >= 15 is 0 Å². The van der Waals surface area contributed by atoms with Gasteiger partial charge >= 0.3 is 0 Å². The molecule has 3 heteroatoms. The summed E-state index contributed by atoms with van der Waals surface area (Å²) in [4.78, 5) is 0. The Bertz CT molecular complexity index is 274. The number of hydrogen-bond acceptors (Lipinski definition) is 0. The molecule has 107 valence electrons. The maximum absolute atomic E-state index is 13.5. The molecule has 0 nitrogen and oxygen atoms in total. The van der Waals surface area contributed by atoms with Crippen molar-refractivity contribution in [3.63, 3.8) is 0 Å². The van der Waals surface area contributed by atoms with Crippen LogP contribution in [-0.4, -0.2) is 12.3 Å². The maximum atomic E-state index is 13.5. The standard InChI is InChI=1S/C16H25F2.Pr/c17-15-8-14(9-16(18)10-15)13-6-5-11-3-1-2-4-12(11)7-13;/h1,11-16H,2-10H2;/q-1;. The Morgan fingerprint density at radius 1 is 0.684 bits per heavy atom. The van der Waals surface area contributed by atoms with E-state index < -0.39 is 12.3 Å². The van der Waals surface area contributed by atoms with E-state index in [0.717, 1.165) is 11.8 Å². The number of hydrogen-bond donors (Lipinski definition) is 0. The fourth-order valence-electron chi connectivity index (χ4n) is 4.73. The van der Waals surface area contributed by atoms with Crippen molar-refractivity contribution < 1.29 is 50.1 Å². The zero-order chi connectivity index (χ0) is 12.5. The molecule has 3 fully saturated rings. The maximum Gasteiger partial charge on any atom is 0.103 e. The molecule has 3 aliphatic carbocycles. The molecule has 0 aromatic heterocycles. The third-order valence-corrected chi connectivity index (χ3v) is 5.69. The molecule has 19 heavy (non-hydrogen) atoms. The fraction of sp³-hybridized carbons (Fsp3) is 0.938. The molecule has 0 aromatic carbocycles. The summed E-state index contributed by atoms with van der Waals surface area (Å²) in [5.41, 5.74) is 0. The minimum Gasteiger partial charge on any atom is -0.328 e. The normalized spacial score (nSPS) is 47.1. The largest absolute Gasteiger partial charge is 0.328 e. The Morgan fingerprint density at radius 3 is 2.05 bits per heavy atom. The molecular weight excluding hydrogens is 371 g/mol. The number of alkyl halides is 2. The molecule has 0 amide bonds. The predicted octanol–water partition coefficient (Wildman–Crippen LogP) is 4.88. The molecule has 0 bridgehead atoms. The smallest absolute Gasteiger partial charge is 0.103 e. The van der Waals surface area contributed by atoms with Crippen molar-refractivity contribution in [1.82, 2.24) is 0 Å². The molecule has 3 saturated carbocycles. The zero-order valence-electron chi connectivity index (χ0n) is 11.7. The first kappa shape index (κ1) is 16.6. The third kappa shape index (κ3) is 4.12. The van der Waals surface area contributed by atoms with Gasteiger partial charge in [0.15, 0.2) is 0 Å². The molecular formula is C16H25F2Pr-. The van der Waals surface area contributed by atoms with E-state index in [9.17, 15) is 8.78 Å². The third-order valence-electron chi connectivity index (χ3n) is 5.69. The first-order valence-electron chi connectivity index (χ1n) is 7.82. The molecule has 3 aliphatic rings. The first-order valence-corrected chi connectivity index (χ1v) is 7.82. The number of rotatable bonds is 1. The Labute approximate surface area is 149 Å². The van der Waals surface area contributed by atoms with Gasteiger partial charge in [0.05, 0.1) is 0 Å². The minimum atomic E-state index is -0.879. The van der Waals surface area contributed by atoms with Crippen molar-refractivity contribution in [2.45, 2.75) is 70.1 Å². The van der Waals surface area contributed by atoms with Crippen molar-refractivity contribution in [3.05, 3.63) is 6.42 Å². The molecule has 0 aromatic rings. The van der Waals surface area contributed by atoms with Crippen LogP contribution in [-0.2, 0) is 0 Å². The summed E-state index contributed by atoms with van der Waals surface area (Å²) < 4.78 is 27.1. The van der Waals surface area contributed by atoms with Gasteiger partial charge in [0, 0.05) is 47.7 Å². The Hall–Kier alpha value is 1.22. The average Bonchev–Trinajstić information content (AvgIpc) is 2.37. The van der Waals surface area contributed by atoms with E-state index in [-0.39, 0.29) is 47.7 Å². The van der Waals surface area contributed by atoms with Crippen molar-refractivity contribution in [2.24, 2.45) is 23.7 Å². The minimum absolute atomic E-state index is 0. The summed E-state index contributed by atoms with van der Waals surface area (Å²) in [6, 6.07) is 0. The summed E-state index contributed by atoms with van der Waals surface area (Å²) in [5, 5.41) is 0. The molecule has 5 unspecified atom stereocenters. The SMILES string of the molecule is FC1CC(F)CC(C2CCC3C[CH-]CCC3C2)C1.[Pr]. The summed E-state index contributed by atoms with van der Waals surface area (Å²) >= 11 is 0. The van der Waals surface area contributed by atoms with Crippen LogP contribution in [0.25, 0.3) is 0 Å². The van der Waals surface area contributed by atoms with Crippen LogP contribution in [0.5, 0.6) is 0 Å². The molecule has 0 spiro atoms. The second kappa shape index (κ2) is 7.48. The van der Waals surface area contributed by atoms with Crippen LogP contribution in [0.4, 0.5) is 8.78 Å². The van der Waals surface area contributed by atoms with E-state index in [1.807, 2.05) is 0 Å². The van der Waals surface area contributed by atoms with Gasteiger partial charge in [-0.05, 0) is 43.4 Å². The molecule has 5 atom stereocenters. The molecule has 0 heterocycles. The Kier molecular flexibility index (Phi) is 6.53. The second-order valence-electron chi connectivity index (χ2n) is 6.86. The van der Waals surface area contributed by atoms with Crippen LogP contribution in [0, 0.1) is 71.4 Å². The summed E-state index contributed by atoms with van der Waals surface area (Å²) in [6.07, 6.45) is 9.76. The van der Waals surface area contributed by atoms with Crippen molar-refractivity contribution >= 4 is 0 Å². The molecule has 3 rings (SSSR count). The average molecular weight is 396 g/mol. The van der Waals surface area contributed by atoms with Gasteiger partial charge in [-0.15, -0.1) is 0 Å². The monoisotopic (exact) mass is 396 g/mol. The second-order valence-corrected chi connectivity index (χ2v) is 6.86. The van der Waals surface area contributed by atoms with E-state index in [4.69, 9.17) is 0 Å². The van der Waals surface area contributed by atoms with Crippen LogP contribution in [0.1, 0.15) is 57.8 Å². The Morgan fingerprint density at radius 2 is 1.32 bits per heavy atom. The first-order chi connectivity index (χ1) is 8.72. The van der Waals surface area contributed by atoms with Gasteiger partial charge in [0.2, 0.25) is 0 Å². The summed E-state index contributed by atoms with van der Waals surface area (Å²) in [7, 11) is 0. The van der Waals surface area contributed by atoms with E-state index in [1.54, 1.807) is 0 Å². The van der Waals surface area contributed by atoms with Crippen LogP contribution in [0.15, 0.2) is 0 Å². The predicted molar refractivity (Wildman–Crippen MR) is 69.6 cm³/mol. The Balaban J connectivity index is 0.00000133. The number of halogens is 2. The van der Waals surface area contributed by atoms with Crippen molar-refractivity contribution in [3.8, 4) is 0 Å². The quantitative estimate of drug-likeness (QED) is 0.554. The topological polar surface area (TPSA) is 0 Å². The van der Waals surface area contributed by atoms with Gasteiger partial charge in [-0.3, -0.25) is 0 Å².